The molecule has 1 aromatic carbocycles. The number of carbonyl (C=O) groups is 2. The molecule has 1 atom stereocenters. The number of aliphatic hydroxyl groups excluding tert-OH is 1. The van der Waals surface area contributed by atoms with Crippen LogP contribution in [0.25, 0.3) is 0 Å². The van der Waals surface area contributed by atoms with Crippen LogP contribution in [-0.4, -0.2) is 47.3 Å². The van der Waals surface area contributed by atoms with Crippen LogP contribution in [0.2, 0.25) is 0 Å². The van der Waals surface area contributed by atoms with Crippen LogP contribution in [0.1, 0.15) is 17.3 Å². The fraction of sp³-hybridized carbons (Fsp3) is 0.385. The van der Waals surface area contributed by atoms with E-state index in [4.69, 9.17) is 5.11 Å². The zero-order chi connectivity index (χ0) is 15.2. The largest absolute Gasteiger partial charge is 0.393 e. The van der Waals surface area contributed by atoms with Gasteiger partial charge in [-0.3, -0.25) is 9.59 Å². The molecule has 110 valence electrons. The number of halogens is 1. The average molecular weight is 345 g/mol. The molecule has 1 unspecified atom stereocenters. The van der Waals surface area contributed by atoms with Crippen LogP contribution in [-0.2, 0) is 4.79 Å². The highest BCUT2D eigenvalue weighted by Gasteiger charge is 2.19. The van der Waals surface area contributed by atoms with Gasteiger partial charge in [0.15, 0.2) is 0 Å². The molecule has 0 saturated carbocycles. The van der Waals surface area contributed by atoms with Crippen molar-refractivity contribution < 1.29 is 19.8 Å². The Hall–Kier alpha value is -1.44. The van der Waals surface area contributed by atoms with Crippen molar-refractivity contribution in [2.75, 3.05) is 19.7 Å². The van der Waals surface area contributed by atoms with E-state index in [9.17, 15) is 14.7 Å². The van der Waals surface area contributed by atoms with Gasteiger partial charge in [0, 0.05) is 16.6 Å². The van der Waals surface area contributed by atoms with Gasteiger partial charge in [-0.15, -0.1) is 0 Å². The molecule has 7 heteroatoms. The fourth-order valence-corrected chi connectivity index (χ4v) is 1.54. The molecular weight excluding hydrogens is 328 g/mol. The Morgan fingerprint density at radius 3 is 2.40 bits per heavy atom. The number of carbonyl (C=O) groups excluding carboxylic acids is 2. The zero-order valence-corrected chi connectivity index (χ0v) is 12.6. The first-order valence-electron chi connectivity index (χ1n) is 5.98. The second kappa shape index (κ2) is 7.37. The van der Waals surface area contributed by atoms with Gasteiger partial charge in [-0.25, -0.2) is 0 Å². The number of hydrogen-bond donors (Lipinski definition) is 4. The summed E-state index contributed by atoms with van der Waals surface area (Å²) in [6, 6.07) is 6.72. The van der Waals surface area contributed by atoms with E-state index in [1.54, 1.807) is 24.3 Å². The van der Waals surface area contributed by atoms with Crippen molar-refractivity contribution in [3.8, 4) is 0 Å². The molecule has 0 saturated heterocycles. The molecule has 4 N–H and O–H groups in total. The summed E-state index contributed by atoms with van der Waals surface area (Å²) < 4.78 is 0.859. The summed E-state index contributed by atoms with van der Waals surface area (Å²) in [5.41, 5.74) is -0.922. The average Bonchev–Trinajstić information content (AvgIpc) is 2.43. The molecule has 0 spiro atoms. The van der Waals surface area contributed by atoms with Gasteiger partial charge < -0.3 is 20.8 Å². The number of aliphatic hydroxyl groups is 2. The Balaban J connectivity index is 2.37. The van der Waals surface area contributed by atoms with Gasteiger partial charge in [0.2, 0.25) is 5.91 Å². The van der Waals surface area contributed by atoms with Gasteiger partial charge in [0.25, 0.3) is 5.91 Å². The standard InChI is InChI=1S/C13H17BrN2O4/c1-13(20,8-17)7-16-11(18)6-15-12(19)9-2-4-10(14)5-3-9/h2-5,17,20H,6-8H2,1H3,(H,15,19)(H,16,18). The molecule has 1 aromatic rings. The summed E-state index contributed by atoms with van der Waals surface area (Å²) >= 11 is 3.26. The third kappa shape index (κ3) is 5.68. The van der Waals surface area contributed by atoms with Crippen LogP contribution in [0.4, 0.5) is 0 Å². The van der Waals surface area contributed by atoms with Crippen molar-refractivity contribution in [1.29, 1.82) is 0 Å². The molecule has 0 aliphatic rings. The molecular formula is C13H17BrN2O4. The fourth-order valence-electron chi connectivity index (χ4n) is 1.27. The molecule has 0 bridgehead atoms. The van der Waals surface area contributed by atoms with E-state index < -0.39 is 18.1 Å². The Kier molecular flexibility index (Phi) is 6.12. The minimum atomic E-state index is -1.37. The summed E-state index contributed by atoms with van der Waals surface area (Å²) in [5, 5.41) is 23.2. The van der Waals surface area contributed by atoms with Gasteiger partial charge >= 0.3 is 0 Å². The molecule has 20 heavy (non-hydrogen) atoms. The van der Waals surface area contributed by atoms with Gasteiger partial charge in [0.05, 0.1) is 13.2 Å². The Labute approximate surface area is 125 Å². The molecule has 1 rings (SSSR count). The maximum atomic E-state index is 11.7. The molecule has 6 nitrogen and oxygen atoms in total. The second-order valence-electron chi connectivity index (χ2n) is 4.62. The predicted molar refractivity (Wildman–Crippen MR) is 77.2 cm³/mol. The highest BCUT2D eigenvalue weighted by Crippen LogP contribution is 2.10. The summed E-state index contributed by atoms with van der Waals surface area (Å²) in [6.45, 7) is 0.652. The predicted octanol–water partition coefficient (Wildman–Crippen LogP) is 0.0384. The Morgan fingerprint density at radius 2 is 1.85 bits per heavy atom. The second-order valence-corrected chi connectivity index (χ2v) is 5.54. The first-order chi connectivity index (χ1) is 9.34. The SMILES string of the molecule is CC(O)(CO)CNC(=O)CNC(=O)c1ccc(Br)cc1. The van der Waals surface area contributed by atoms with Crippen LogP contribution in [0.15, 0.2) is 28.7 Å². The van der Waals surface area contributed by atoms with E-state index in [0.717, 1.165) is 4.47 Å². The number of benzene rings is 1. The normalized spacial score (nSPS) is 13.4. The van der Waals surface area contributed by atoms with Gasteiger partial charge in [-0.2, -0.15) is 0 Å². The van der Waals surface area contributed by atoms with E-state index in [-0.39, 0.29) is 19.0 Å². The third-order valence-electron chi connectivity index (χ3n) is 2.52. The summed E-state index contributed by atoms with van der Waals surface area (Å²) in [4.78, 5) is 23.2. The van der Waals surface area contributed by atoms with Gasteiger partial charge in [0.1, 0.15) is 5.60 Å². The van der Waals surface area contributed by atoms with Crippen LogP contribution in [0.3, 0.4) is 0 Å². The highest BCUT2D eigenvalue weighted by molar-refractivity contribution is 9.10. The lowest BCUT2D eigenvalue weighted by molar-refractivity contribution is -0.121. The summed E-state index contributed by atoms with van der Waals surface area (Å²) in [7, 11) is 0. The third-order valence-corrected chi connectivity index (χ3v) is 3.05. The molecule has 0 fully saturated rings. The van der Waals surface area contributed by atoms with Crippen molar-refractivity contribution >= 4 is 27.7 Å². The number of hydrogen-bond acceptors (Lipinski definition) is 4. The maximum Gasteiger partial charge on any atom is 0.251 e. The molecule has 2 amide bonds. The first-order valence-corrected chi connectivity index (χ1v) is 6.77. The quantitative estimate of drug-likeness (QED) is 0.585. The maximum absolute atomic E-state index is 11.7. The Morgan fingerprint density at radius 1 is 1.25 bits per heavy atom. The van der Waals surface area contributed by atoms with Crippen LogP contribution >= 0.6 is 15.9 Å². The topological polar surface area (TPSA) is 98.7 Å². The lowest BCUT2D eigenvalue weighted by atomic mass is 10.1. The summed E-state index contributed by atoms with van der Waals surface area (Å²) in [5.74, 6) is -0.800. The number of rotatable bonds is 6. The summed E-state index contributed by atoms with van der Waals surface area (Å²) in [6.07, 6.45) is 0. The molecule has 0 aliphatic carbocycles. The number of amides is 2. The van der Waals surface area contributed by atoms with E-state index in [0.29, 0.717) is 5.56 Å². The van der Waals surface area contributed by atoms with Crippen molar-refractivity contribution in [2.45, 2.75) is 12.5 Å². The van der Waals surface area contributed by atoms with E-state index in [1.807, 2.05) is 0 Å². The minimum absolute atomic E-state index is 0.0868. The van der Waals surface area contributed by atoms with Crippen LogP contribution in [0.5, 0.6) is 0 Å². The van der Waals surface area contributed by atoms with Crippen molar-refractivity contribution in [3.05, 3.63) is 34.3 Å². The van der Waals surface area contributed by atoms with Gasteiger partial charge in [-0.1, -0.05) is 15.9 Å². The molecule has 0 aromatic heterocycles. The monoisotopic (exact) mass is 344 g/mol. The lowest BCUT2D eigenvalue weighted by Gasteiger charge is -2.20. The molecule has 0 heterocycles. The zero-order valence-electron chi connectivity index (χ0n) is 11.0. The minimum Gasteiger partial charge on any atom is -0.393 e. The number of nitrogens with one attached hydrogen (secondary N) is 2. The van der Waals surface area contributed by atoms with Crippen LogP contribution in [0, 0.1) is 0 Å². The van der Waals surface area contributed by atoms with E-state index in [1.165, 1.54) is 6.92 Å². The van der Waals surface area contributed by atoms with Crippen molar-refractivity contribution in [3.63, 3.8) is 0 Å². The van der Waals surface area contributed by atoms with Gasteiger partial charge in [-0.05, 0) is 31.2 Å². The van der Waals surface area contributed by atoms with Crippen LogP contribution < -0.4 is 10.6 Å². The first kappa shape index (κ1) is 16.6. The van der Waals surface area contributed by atoms with Crippen molar-refractivity contribution in [2.24, 2.45) is 0 Å². The highest BCUT2D eigenvalue weighted by atomic mass is 79.9. The molecule has 0 radical (unpaired) electrons. The van der Waals surface area contributed by atoms with Crippen molar-refractivity contribution in [1.82, 2.24) is 10.6 Å². The Bertz CT molecular complexity index is 474. The smallest absolute Gasteiger partial charge is 0.251 e. The molecule has 0 aliphatic heterocycles. The van der Waals surface area contributed by atoms with E-state index in [2.05, 4.69) is 26.6 Å². The van der Waals surface area contributed by atoms with E-state index >= 15 is 0 Å². The lowest BCUT2D eigenvalue weighted by Crippen LogP contribution is -2.46.